The number of cyclic esters (lactones) is 1. The summed E-state index contributed by atoms with van der Waals surface area (Å²) in [6, 6.07) is 12.5. The average Bonchev–Trinajstić information content (AvgIpc) is 2.70. The van der Waals surface area contributed by atoms with E-state index >= 15 is 0 Å². The van der Waals surface area contributed by atoms with Crippen molar-refractivity contribution < 1.29 is 17.9 Å². The smallest absolute Gasteiger partial charge is 0.414 e. The number of nitrogens with zero attached hydrogens (tertiary/aromatic N) is 2. The summed E-state index contributed by atoms with van der Waals surface area (Å²) in [5.41, 5.74) is 2.37. The van der Waals surface area contributed by atoms with Crippen LogP contribution in [0.25, 0.3) is 0 Å². The number of amides is 1. The molecule has 0 unspecified atom stereocenters. The molecule has 28 heavy (non-hydrogen) atoms. The molecule has 0 atom stereocenters. The summed E-state index contributed by atoms with van der Waals surface area (Å²) in [5.74, 6) is 0. The van der Waals surface area contributed by atoms with E-state index in [4.69, 9.17) is 16.3 Å². The number of rotatable bonds is 3. The molecule has 2 aliphatic heterocycles. The lowest BCUT2D eigenvalue weighted by atomic mass is 10.0. The monoisotopic (exact) mass is 420 g/mol. The third-order valence-corrected chi connectivity index (χ3v) is 7.88. The molecule has 2 heterocycles. The van der Waals surface area contributed by atoms with Gasteiger partial charge in [-0.2, -0.15) is 4.31 Å². The maximum atomic E-state index is 13.1. The molecular weight excluding hydrogens is 400 g/mol. The van der Waals surface area contributed by atoms with E-state index in [0.717, 1.165) is 11.3 Å². The first-order valence-corrected chi connectivity index (χ1v) is 11.0. The van der Waals surface area contributed by atoms with E-state index in [2.05, 4.69) is 0 Å². The first-order chi connectivity index (χ1) is 13.4. The number of carbonyl (C=O) groups is 1. The first-order valence-electron chi connectivity index (χ1n) is 9.19. The van der Waals surface area contributed by atoms with Crippen LogP contribution < -0.4 is 4.90 Å². The van der Waals surface area contributed by atoms with Gasteiger partial charge in [0, 0.05) is 29.7 Å². The zero-order valence-corrected chi connectivity index (χ0v) is 17.0. The molecule has 2 aliphatic rings. The lowest BCUT2D eigenvalue weighted by molar-refractivity contribution is 0.136. The third-order valence-electron chi connectivity index (χ3n) is 5.42. The molecule has 0 N–H and O–H groups in total. The fraction of sp³-hybridized carbons (Fsp3) is 0.350. The van der Waals surface area contributed by atoms with E-state index in [9.17, 15) is 13.2 Å². The molecule has 1 amide bonds. The summed E-state index contributed by atoms with van der Waals surface area (Å²) in [5, 5.41) is 0.434. The van der Waals surface area contributed by atoms with Crippen molar-refractivity contribution in [2.75, 3.05) is 18.0 Å². The van der Waals surface area contributed by atoms with E-state index in [0.29, 0.717) is 36.5 Å². The van der Waals surface area contributed by atoms with E-state index in [1.165, 1.54) is 4.31 Å². The van der Waals surface area contributed by atoms with Crippen molar-refractivity contribution in [3.8, 4) is 0 Å². The molecule has 0 saturated carbocycles. The van der Waals surface area contributed by atoms with Crippen molar-refractivity contribution in [3.63, 3.8) is 0 Å². The Balaban J connectivity index is 1.54. The number of piperidine rings is 1. The normalized spacial score (nSPS) is 18.6. The minimum absolute atomic E-state index is 0.0964. The molecule has 2 aromatic rings. The van der Waals surface area contributed by atoms with E-state index in [1.54, 1.807) is 30.0 Å². The van der Waals surface area contributed by atoms with Crippen LogP contribution in [0.5, 0.6) is 0 Å². The number of fused-ring (bicyclic) bond motifs is 1. The van der Waals surface area contributed by atoms with Crippen LogP contribution in [0, 0.1) is 6.92 Å². The van der Waals surface area contributed by atoms with Gasteiger partial charge < -0.3 is 4.74 Å². The minimum Gasteiger partial charge on any atom is -0.444 e. The number of hydrogen-bond donors (Lipinski definition) is 0. The molecule has 2 aromatic carbocycles. The molecule has 0 radical (unpaired) electrons. The van der Waals surface area contributed by atoms with Gasteiger partial charge in [-0.15, -0.1) is 0 Å². The standard InChI is InChI=1S/C20H21ClN2O4S/c1-14-17(21)6-4-8-19(14)28(25,26)22-11-9-16(10-12-22)23-18-7-3-2-5-15(18)13-27-20(23)24/h2-8,16H,9-13H2,1H3. The zero-order chi connectivity index (χ0) is 19.9. The highest BCUT2D eigenvalue weighted by Gasteiger charge is 2.37. The van der Waals surface area contributed by atoms with E-state index in [-0.39, 0.29) is 23.6 Å². The van der Waals surface area contributed by atoms with Gasteiger partial charge in [-0.05, 0) is 43.5 Å². The van der Waals surface area contributed by atoms with Gasteiger partial charge in [-0.3, -0.25) is 4.90 Å². The van der Waals surface area contributed by atoms with E-state index in [1.807, 2.05) is 24.3 Å². The lowest BCUT2D eigenvalue weighted by Crippen LogP contribution is -2.50. The van der Waals surface area contributed by atoms with Crippen LogP contribution in [0.1, 0.15) is 24.0 Å². The van der Waals surface area contributed by atoms with Gasteiger partial charge in [-0.25, -0.2) is 13.2 Å². The average molecular weight is 421 g/mol. The second-order valence-electron chi connectivity index (χ2n) is 7.05. The number of carbonyl (C=O) groups excluding carboxylic acids is 1. The molecule has 1 fully saturated rings. The highest BCUT2D eigenvalue weighted by molar-refractivity contribution is 7.89. The first kappa shape index (κ1) is 19.2. The Bertz CT molecular complexity index is 1020. The van der Waals surface area contributed by atoms with Crippen molar-refractivity contribution in [2.45, 2.75) is 37.3 Å². The number of anilines is 1. The number of ether oxygens (including phenoxy) is 1. The van der Waals surface area contributed by atoms with Crippen LogP contribution in [-0.2, 0) is 21.4 Å². The summed E-state index contributed by atoms with van der Waals surface area (Å²) in [6.45, 7) is 2.66. The largest absolute Gasteiger partial charge is 0.444 e. The molecule has 0 aromatic heterocycles. The van der Waals surface area contributed by atoms with Crippen molar-refractivity contribution in [3.05, 3.63) is 58.6 Å². The summed E-state index contributed by atoms with van der Waals surface area (Å²) >= 11 is 6.11. The Morgan fingerprint density at radius 1 is 1.07 bits per heavy atom. The second-order valence-corrected chi connectivity index (χ2v) is 9.37. The van der Waals surface area contributed by atoms with Crippen molar-refractivity contribution in [2.24, 2.45) is 0 Å². The Morgan fingerprint density at radius 3 is 2.54 bits per heavy atom. The number of sulfonamides is 1. The highest BCUT2D eigenvalue weighted by atomic mass is 35.5. The van der Waals surface area contributed by atoms with Crippen molar-refractivity contribution in [1.82, 2.24) is 4.31 Å². The third kappa shape index (κ3) is 3.27. The van der Waals surface area contributed by atoms with Gasteiger partial charge in [0.1, 0.15) is 6.61 Å². The van der Waals surface area contributed by atoms with Crippen molar-refractivity contribution in [1.29, 1.82) is 0 Å². The van der Waals surface area contributed by atoms with Crippen molar-refractivity contribution >= 4 is 33.4 Å². The van der Waals surface area contributed by atoms with Crippen LogP contribution in [0.4, 0.5) is 10.5 Å². The van der Waals surface area contributed by atoms with Crippen LogP contribution in [0.15, 0.2) is 47.4 Å². The predicted octanol–water partition coefficient (Wildman–Crippen LogP) is 3.96. The summed E-state index contributed by atoms with van der Waals surface area (Å²) in [4.78, 5) is 14.3. The number of para-hydroxylation sites is 1. The molecule has 148 valence electrons. The fourth-order valence-corrected chi connectivity index (χ4v) is 5.82. The summed E-state index contributed by atoms with van der Waals surface area (Å²) in [6.07, 6.45) is 0.718. The molecule has 1 saturated heterocycles. The molecular formula is C20H21ClN2O4S. The Morgan fingerprint density at radius 2 is 1.79 bits per heavy atom. The second kappa shape index (κ2) is 7.39. The van der Waals surface area contributed by atoms with Crippen LogP contribution in [-0.4, -0.2) is 37.9 Å². The minimum atomic E-state index is -3.63. The highest BCUT2D eigenvalue weighted by Crippen LogP contribution is 2.33. The molecule has 0 spiro atoms. The molecule has 4 rings (SSSR count). The number of hydrogen-bond acceptors (Lipinski definition) is 4. The van der Waals surface area contributed by atoms with Gasteiger partial charge in [0.05, 0.1) is 10.6 Å². The molecule has 6 nitrogen and oxygen atoms in total. The van der Waals surface area contributed by atoms with Gasteiger partial charge in [0.2, 0.25) is 10.0 Å². The summed E-state index contributed by atoms with van der Waals surface area (Å²) < 4.78 is 32.9. The Labute approximate surface area is 169 Å². The van der Waals surface area contributed by atoms with Gasteiger partial charge in [0.15, 0.2) is 0 Å². The van der Waals surface area contributed by atoms with Gasteiger partial charge >= 0.3 is 6.09 Å². The molecule has 0 bridgehead atoms. The molecule has 8 heteroatoms. The topological polar surface area (TPSA) is 66.9 Å². The number of benzene rings is 2. The maximum absolute atomic E-state index is 13.1. The zero-order valence-electron chi connectivity index (χ0n) is 15.5. The maximum Gasteiger partial charge on any atom is 0.414 e. The lowest BCUT2D eigenvalue weighted by Gasteiger charge is -2.39. The fourth-order valence-electron chi connectivity index (χ4n) is 3.87. The Hall–Kier alpha value is -2.09. The van der Waals surface area contributed by atoms with Crippen LogP contribution in [0.2, 0.25) is 5.02 Å². The SMILES string of the molecule is Cc1c(Cl)cccc1S(=O)(=O)N1CCC(N2C(=O)OCc3ccccc32)CC1. The van der Waals surface area contributed by atoms with Crippen LogP contribution >= 0.6 is 11.6 Å². The van der Waals surface area contributed by atoms with Gasteiger partial charge in [0.25, 0.3) is 0 Å². The molecule has 0 aliphatic carbocycles. The number of halogens is 1. The van der Waals surface area contributed by atoms with Crippen LogP contribution in [0.3, 0.4) is 0 Å². The summed E-state index contributed by atoms with van der Waals surface area (Å²) in [7, 11) is -3.63. The van der Waals surface area contributed by atoms with E-state index < -0.39 is 10.0 Å². The Kier molecular flexibility index (Phi) is 5.07. The quantitative estimate of drug-likeness (QED) is 0.753. The predicted molar refractivity (Wildman–Crippen MR) is 107 cm³/mol. The van der Waals surface area contributed by atoms with Gasteiger partial charge in [-0.1, -0.05) is 35.9 Å².